The van der Waals surface area contributed by atoms with Crippen LogP contribution in [0.25, 0.3) is 0 Å². The highest BCUT2D eigenvalue weighted by atomic mass is 35.5. The van der Waals surface area contributed by atoms with E-state index in [2.05, 4.69) is 53.6 Å². The first-order chi connectivity index (χ1) is 18.8. The lowest BCUT2D eigenvalue weighted by atomic mass is 9.83. The fourth-order valence-electron chi connectivity index (χ4n) is 5.80. The van der Waals surface area contributed by atoms with Crippen LogP contribution in [0.3, 0.4) is 0 Å². The second kappa shape index (κ2) is 14.1. The maximum Gasteiger partial charge on any atom is 0.251 e. The molecule has 0 unspecified atom stereocenters. The first kappa shape index (κ1) is 29.3. The predicted molar refractivity (Wildman–Crippen MR) is 156 cm³/mol. The molecule has 0 bridgehead atoms. The Morgan fingerprint density at radius 3 is 2.41 bits per heavy atom. The second-order valence-electron chi connectivity index (χ2n) is 11.6. The quantitative estimate of drug-likeness (QED) is 0.405. The van der Waals surface area contributed by atoms with E-state index in [4.69, 9.17) is 11.6 Å². The average molecular weight is 552 g/mol. The molecule has 2 aromatic rings. The Hall–Kier alpha value is -2.70. The number of aryl methyl sites for hydroxylation is 1. The molecule has 1 saturated carbocycles. The smallest absolute Gasteiger partial charge is 0.251 e. The molecule has 1 aliphatic carbocycles. The highest BCUT2D eigenvalue weighted by Crippen LogP contribution is 2.26. The predicted octanol–water partition coefficient (Wildman–Crippen LogP) is 5.57. The zero-order valence-electron chi connectivity index (χ0n) is 23.3. The van der Waals surface area contributed by atoms with E-state index in [1.165, 1.54) is 11.1 Å². The molecule has 1 aliphatic heterocycles. The van der Waals surface area contributed by atoms with Crippen LogP contribution in [-0.2, 0) is 22.6 Å². The van der Waals surface area contributed by atoms with Crippen LogP contribution in [0, 0.1) is 11.8 Å². The summed E-state index contributed by atoms with van der Waals surface area (Å²) < 4.78 is 0. The number of ketones is 1. The molecule has 2 amide bonds. The third kappa shape index (κ3) is 8.39. The normalized spacial score (nSPS) is 20.5. The van der Waals surface area contributed by atoms with Gasteiger partial charge in [-0.15, -0.1) is 0 Å². The van der Waals surface area contributed by atoms with Gasteiger partial charge in [0.1, 0.15) is 0 Å². The fourth-order valence-corrected chi connectivity index (χ4v) is 5.92. The van der Waals surface area contributed by atoms with Crippen molar-refractivity contribution in [3.05, 3.63) is 70.2 Å². The number of hydrogen-bond acceptors (Lipinski definition) is 4. The van der Waals surface area contributed by atoms with Gasteiger partial charge in [-0.3, -0.25) is 19.3 Å². The largest absolute Gasteiger partial charge is 0.349 e. The van der Waals surface area contributed by atoms with Crippen molar-refractivity contribution in [2.45, 2.75) is 83.8 Å². The molecule has 0 saturated heterocycles. The van der Waals surface area contributed by atoms with Crippen molar-refractivity contribution in [3.63, 3.8) is 0 Å². The Morgan fingerprint density at radius 1 is 0.949 bits per heavy atom. The van der Waals surface area contributed by atoms with Gasteiger partial charge in [-0.05, 0) is 86.4 Å². The van der Waals surface area contributed by atoms with Gasteiger partial charge in [-0.25, -0.2) is 0 Å². The number of carbonyl (C=O) groups excluding carboxylic acids is 3. The van der Waals surface area contributed by atoms with Crippen LogP contribution in [0.1, 0.15) is 80.3 Å². The van der Waals surface area contributed by atoms with Crippen LogP contribution in [-0.4, -0.2) is 47.7 Å². The van der Waals surface area contributed by atoms with Crippen LogP contribution in [0.15, 0.2) is 48.5 Å². The van der Waals surface area contributed by atoms with Crippen LogP contribution >= 0.6 is 11.6 Å². The zero-order valence-corrected chi connectivity index (χ0v) is 24.0. The Labute approximate surface area is 237 Å². The van der Waals surface area contributed by atoms with Gasteiger partial charge in [0, 0.05) is 23.2 Å². The number of Topliss-reactive ketones (excluding diaryl/α,β-unsaturated/α-hetero) is 1. The molecule has 1 heterocycles. The second-order valence-corrected chi connectivity index (χ2v) is 12.0. The Morgan fingerprint density at radius 2 is 1.67 bits per heavy atom. The van der Waals surface area contributed by atoms with Crippen molar-refractivity contribution in [1.29, 1.82) is 0 Å². The molecule has 2 N–H and O–H groups in total. The zero-order chi connectivity index (χ0) is 27.8. The Kier molecular flexibility index (Phi) is 10.6. The molecule has 2 aromatic carbocycles. The molecular formula is C32H42ClN3O3. The highest BCUT2D eigenvalue weighted by molar-refractivity contribution is 6.30. The standard InChI is InChI=1S/C32H42ClN3O3/c1-22(2)13-18-29(30(37)21-36-19-7-10-23-8-3-4-9-25(23)20-36)35-32(39)27-11-5-6-12-28(27)34-31(38)24-14-16-26(33)17-15-24/h3-4,8-9,14-17,22,27-29H,5-7,10-13,18-21H2,1-2H3,(H,34,38)(H,35,39)/t27-,28+,29+/m1/s1. The van der Waals surface area contributed by atoms with E-state index in [0.717, 1.165) is 51.6 Å². The molecule has 39 heavy (non-hydrogen) atoms. The van der Waals surface area contributed by atoms with Crippen molar-refractivity contribution in [2.24, 2.45) is 11.8 Å². The summed E-state index contributed by atoms with van der Waals surface area (Å²) in [6.45, 7) is 6.23. The van der Waals surface area contributed by atoms with Gasteiger partial charge in [0.25, 0.3) is 5.91 Å². The lowest BCUT2D eigenvalue weighted by Gasteiger charge is -2.33. The maximum absolute atomic E-state index is 13.6. The van der Waals surface area contributed by atoms with E-state index in [0.29, 0.717) is 35.9 Å². The summed E-state index contributed by atoms with van der Waals surface area (Å²) in [4.78, 5) is 42.3. The number of nitrogens with zero attached hydrogens (tertiary/aromatic N) is 1. The van der Waals surface area contributed by atoms with Crippen LogP contribution in [0.2, 0.25) is 5.02 Å². The van der Waals surface area contributed by atoms with Crippen molar-refractivity contribution in [2.75, 3.05) is 13.1 Å². The molecule has 3 atom stereocenters. The molecule has 4 rings (SSSR count). The minimum Gasteiger partial charge on any atom is -0.349 e. The highest BCUT2D eigenvalue weighted by Gasteiger charge is 2.34. The third-order valence-corrected chi connectivity index (χ3v) is 8.33. The Bertz CT molecular complexity index is 1130. The number of nitrogens with one attached hydrogen (secondary N) is 2. The number of amides is 2. The minimum atomic E-state index is -0.520. The summed E-state index contributed by atoms with van der Waals surface area (Å²) in [6, 6.07) is 14.4. The van der Waals surface area contributed by atoms with E-state index < -0.39 is 6.04 Å². The van der Waals surface area contributed by atoms with Gasteiger partial charge in [-0.2, -0.15) is 0 Å². The number of benzene rings is 2. The topological polar surface area (TPSA) is 78.5 Å². The molecule has 0 aromatic heterocycles. The monoisotopic (exact) mass is 551 g/mol. The molecule has 2 aliphatic rings. The van der Waals surface area contributed by atoms with E-state index in [-0.39, 0.29) is 29.6 Å². The lowest BCUT2D eigenvalue weighted by Crippen LogP contribution is -2.52. The van der Waals surface area contributed by atoms with Crippen LogP contribution < -0.4 is 10.6 Å². The first-order valence-corrected chi connectivity index (χ1v) is 14.9. The average Bonchev–Trinajstić information content (AvgIpc) is 3.13. The maximum atomic E-state index is 13.6. The molecule has 0 spiro atoms. The van der Waals surface area contributed by atoms with Gasteiger partial charge >= 0.3 is 0 Å². The third-order valence-electron chi connectivity index (χ3n) is 8.08. The molecule has 6 nitrogen and oxygen atoms in total. The number of halogens is 1. The van der Waals surface area contributed by atoms with Gasteiger partial charge < -0.3 is 10.6 Å². The molecule has 210 valence electrons. The van der Waals surface area contributed by atoms with Gasteiger partial charge in [0.05, 0.1) is 18.5 Å². The number of fused-ring (bicyclic) bond motifs is 1. The molecule has 1 fully saturated rings. The fraction of sp³-hybridized carbons (Fsp3) is 0.531. The van der Waals surface area contributed by atoms with Gasteiger partial charge in [0.2, 0.25) is 5.91 Å². The summed E-state index contributed by atoms with van der Waals surface area (Å²) in [5.41, 5.74) is 3.17. The number of rotatable bonds is 10. The summed E-state index contributed by atoms with van der Waals surface area (Å²) in [5.74, 6) is -0.177. The van der Waals surface area contributed by atoms with E-state index in [1.807, 2.05) is 0 Å². The number of carbonyl (C=O) groups is 3. The molecule has 0 radical (unpaired) electrons. The Balaban J connectivity index is 1.41. The van der Waals surface area contributed by atoms with Crippen LogP contribution in [0.5, 0.6) is 0 Å². The lowest BCUT2D eigenvalue weighted by molar-refractivity contribution is -0.132. The summed E-state index contributed by atoms with van der Waals surface area (Å²) in [5, 5.41) is 6.79. The van der Waals surface area contributed by atoms with Crippen LogP contribution in [0.4, 0.5) is 0 Å². The van der Waals surface area contributed by atoms with Crippen molar-refractivity contribution >= 4 is 29.2 Å². The van der Waals surface area contributed by atoms with E-state index in [1.54, 1.807) is 24.3 Å². The van der Waals surface area contributed by atoms with E-state index >= 15 is 0 Å². The summed E-state index contributed by atoms with van der Waals surface area (Å²) in [7, 11) is 0. The first-order valence-electron chi connectivity index (χ1n) is 14.5. The summed E-state index contributed by atoms with van der Waals surface area (Å²) in [6.07, 6.45) is 6.87. The van der Waals surface area contributed by atoms with Gasteiger partial charge in [-0.1, -0.05) is 62.6 Å². The molecular weight excluding hydrogens is 510 g/mol. The SMILES string of the molecule is CC(C)CC[C@H](NC(=O)[C@@H]1CCCC[C@@H]1NC(=O)c1ccc(Cl)cc1)C(=O)CN1CCCc2ccccc2C1. The van der Waals surface area contributed by atoms with Crippen molar-refractivity contribution < 1.29 is 14.4 Å². The molecule has 7 heteroatoms. The van der Waals surface area contributed by atoms with Crippen molar-refractivity contribution in [1.82, 2.24) is 15.5 Å². The minimum absolute atomic E-state index is 0.0703. The van der Waals surface area contributed by atoms with Crippen molar-refractivity contribution in [3.8, 4) is 0 Å². The summed E-state index contributed by atoms with van der Waals surface area (Å²) >= 11 is 5.97. The van der Waals surface area contributed by atoms with E-state index in [9.17, 15) is 14.4 Å². The van der Waals surface area contributed by atoms with Gasteiger partial charge in [0.15, 0.2) is 5.78 Å². The number of hydrogen-bond donors (Lipinski definition) is 2.